The van der Waals surface area contributed by atoms with Crippen molar-refractivity contribution in [2.75, 3.05) is 41.5 Å². The largest absolute Gasteiger partial charge is 0.497 e. The molecule has 308 valence electrons. The van der Waals surface area contributed by atoms with Crippen LogP contribution in [0.2, 0.25) is 5.02 Å². The van der Waals surface area contributed by atoms with Crippen LogP contribution >= 0.6 is 23.1 Å². The molecule has 0 aliphatic heterocycles. The second-order valence-electron chi connectivity index (χ2n) is 14.1. The van der Waals surface area contributed by atoms with Gasteiger partial charge >= 0.3 is 5.97 Å². The highest BCUT2D eigenvalue weighted by molar-refractivity contribution is 7.13. The molecular weight excluding hydrogens is 802 g/mol. The van der Waals surface area contributed by atoms with Crippen molar-refractivity contribution in [1.82, 2.24) is 24.2 Å². The van der Waals surface area contributed by atoms with E-state index in [0.29, 0.717) is 73.1 Å². The molecule has 1 unspecified atom stereocenters. The number of carboxylic acid groups (broad SMARTS) is 1. The number of hydrogen-bond donors (Lipinski definition) is 1. The predicted octanol–water partition coefficient (Wildman–Crippen LogP) is 9.45. The third-order valence-corrected chi connectivity index (χ3v) is 11.0. The Bertz CT molecular complexity index is 2620. The van der Waals surface area contributed by atoms with Gasteiger partial charge in [0.25, 0.3) is 0 Å². The van der Waals surface area contributed by atoms with Gasteiger partial charge in [-0.15, -0.1) is 0 Å². The highest BCUT2D eigenvalue weighted by Crippen LogP contribution is 2.46. The van der Waals surface area contributed by atoms with E-state index >= 15 is 0 Å². The van der Waals surface area contributed by atoms with Gasteiger partial charge in [0.05, 0.1) is 52.9 Å². The van der Waals surface area contributed by atoms with Gasteiger partial charge < -0.3 is 33.7 Å². The lowest BCUT2D eigenvalue weighted by atomic mass is 9.93. The fourth-order valence-electron chi connectivity index (χ4n) is 6.76. The zero-order chi connectivity index (χ0) is 42.2. The molecule has 12 nitrogen and oxygen atoms in total. The van der Waals surface area contributed by atoms with Crippen LogP contribution in [0.4, 0.5) is 0 Å². The number of nitrogens with zero attached hydrogens (tertiary/aromatic N) is 5. The average Bonchev–Trinajstić information content (AvgIpc) is 3.68. The predicted molar refractivity (Wildman–Crippen MR) is 234 cm³/mol. The molecule has 7 rings (SSSR count). The molecule has 7 aromatic rings. The molecule has 3 heterocycles. The average molecular weight is 846 g/mol. The van der Waals surface area contributed by atoms with Gasteiger partial charge in [0.15, 0.2) is 5.82 Å². The van der Waals surface area contributed by atoms with Crippen molar-refractivity contribution in [1.29, 1.82) is 0 Å². The maximum atomic E-state index is 13.0. The third-order valence-electron chi connectivity index (χ3n) is 9.80. The quantitative estimate of drug-likeness (QED) is 0.0824. The Kier molecular flexibility index (Phi) is 13.4. The van der Waals surface area contributed by atoms with E-state index in [-0.39, 0.29) is 18.9 Å². The lowest BCUT2D eigenvalue weighted by molar-refractivity contribution is -0.145. The Balaban J connectivity index is 1.21. The number of fused-ring (bicyclic) bond motifs is 1. The van der Waals surface area contributed by atoms with Gasteiger partial charge in [-0.25, -0.2) is 14.8 Å². The minimum Gasteiger partial charge on any atom is -0.497 e. The minimum atomic E-state index is -1.33. The van der Waals surface area contributed by atoms with E-state index in [1.54, 1.807) is 38.7 Å². The summed E-state index contributed by atoms with van der Waals surface area (Å²) in [6, 6.07) is 28.0. The summed E-state index contributed by atoms with van der Waals surface area (Å²) in [6.07, 6.45) is 2.88. The summed E-state index contributed by atoms with van der Waals surface area (Å²) >= 11 is 8.20. The first-order valence-corrected chi connectivity index (χ1v) is 20.4. The highest BCUT2D eigenvalue weighted by atomic mass is 35.5. The van der Waals surface area contributed by atoms with E-state index in [2.05, 4.69) is 14.3 Å². The van der Waals surface area contributed by atoms with E-state index in [1.165, 1.54) is 11.5 Å². The second-order valence-corrected chi connectivity index (χ2v) is 15.3. The number of halogens is 1. The van der Waals surface area contributed by atoms with E-state index < -0.39 is 12.1 Å². The van der Waals surface area contributed by atoms with Crippen LogP contribution in [0.25, 0.3) is 43.9 Å². The molecule has 0 bridgehead atoms. The van der Waals surface area contributed by atoms with Gasteiger partial charge in [-0.1, -0.05) is 60.1 Å². The summed E-state index contributed by atoms with van der Waals surface area (Å²) in [5.41, 5.74) is 5.63. The number of pyridine rings is 1. The number of ether oxygens (including phenoxy) is 5. The van der Waals surface area contributed by atoms with Crippen LogP contribution in [0, 0.1) is 6.92 Å². The highest BCUT2D eigenvalue weighted by Gasteiger charge is 2.28. The molecule has 1 N–H and O–H groups in total. The Morgan fingerprint density at radius 3 is 2.47 bits per heavy atom. The number of rotatable bonds is 18. The molecule has 0 radical (unpaired) electrons. The molecule has 14 heteroatoms. The Morgan fingerprint density at radius 2 is 1.68 bits per heavy atom. The third kappa shape index (κ3) is 9.44. The number of aromatic nitrogens is 4. The number of carbonyl (C=O) groups is 1. The van der Waals surface area contributed by atoms with Crippen molar-refractivity contribution in [3.05, 3.63) is 125 Å². The van der Waals surface area contributed by atoms with E-state index in [9.17, 15) is 9.90 Å². The maximum absolute atomic E-state index is 13.0. The first-order valence-electron chi connectivity index (χ1n) is 19.2. The van der Waals surface area contributed by atoms with Crippen LogP contribution in [0.5, 0.6) is 28.9 Å². The van der Waals surface area contributed by atoms with Gasteiger partial charge in [-0.3, -0.25) is 4.98 Å². The molecule has 0 aliphatic rings. The fourth-order valence-corrected chi connectivity index (χ4v) is 7.68. The molecule has 0 saturated carbocycles. The monoisotopic (exact) mass is 845 g/mol. The Hall–Kier alpha value is -6.28. The zero-order valence-electron chi connectivity index (χ0n) is 33.8. The first kappa shape index (κ1) is 41.9. The van der Waals surface area contributed by atoms with Crippen molar-refractivity contribution < 1.29 is 33.6 Å². The SMILES string of the molecule is COc1cccc(-c2ncc3snc(OC(Cc4ccccc4OCc4ccnc(-c5ccccc5OC)n4)C(=O)O)c3c2-c2ccc(OCCCN(C)C)c(Cl)c2C)c1. The molecule has 0 aliphatic carbocycles. The molecule has 4 aromatic carbocycles. The summed E-state index contributed by atoms with van der Waals surface area (Å²) in [4.78, 5) is 29.2. The molecule has 0 amide bonds. The molecule has 3 aromatic heterocycles. The Labute approximate surface area is 357 Å². The van der Waals surface area contributed by atoms with E-state index in [1.807, 2.05) is 99.9 Å². The number of hydrogen-bond acceptors (Lipinski definition) is 12. The van der Waals surface area contributed by atoms with Gasteiger partial charge in [-0.05, 0) is 98.1 Å². The normalized spacial score (nSPS) is 11.7. The number of carboxylic acids is 1. The van der Waals surface area contributed by atoms with Crippen molar-refractivity contribution in [2.45, 2.75) is 32.5 Å². The van der Waals surface area contributed by atoms with Crippen LogP contribution in [0.1, 0.15) is 23.2 Å². The zero-order valence-corrected chi connectivity index (χ0v) is 35.4. The summed E-state index contributed by atoms with van der Waals surface area (Å²) < 4.78 is 35.2. The first-order chi connectivity index (χ1) is 29.1. The van der Waals surface area contributed by atoms with Crippen molar-refractivity contribution in [3.63, 3.8) is 0 Å². The standard InChI is InChI=1S/C46H44ClN5O7S/c1-28-33(18-19-37(42(28)47)57-23-11-22-52(2)3)40-41-39(26-49-43(40)30-13-10-14-32(24-30)55-4)60-51-45(41)59-38(46(53)54)25-29-12-6-8-16-35(29)58-27-31-20-21-48-44(50-31)34-15-7-9-17-36(34)56-5/h6-10,12-21,24,26,38H,11,22-23,25,27H2,1-5H3,(H,53,54). The molecular formula is C46H44ClN5O7S. The summed E-state index contributed by atoms with van der Waals surface area (Å²) in [5, 5.41) is 11.7. The van der Waals surface area contributed by atoms with Crippen molar-refractivity contribution >= 4 is 39.2 Å². The lowest BCUT2D eigenvalue weighted by Crippen LogP contribution is -2.29. The maximum Gasteiger partial charge on any atom is 0.345 e. The minimum absolute atomic E-state index is 0.0192. The van der Waals surface area contributed by atoms with E-state index in [0.717, 1.165) is 35.2 Å². The topological polar surface area (TPSA) is 138 Å². The van der Waals surface area contributed by atoms with Crippen molar-refractivity contribution in [2.24, 2.45) is 0 Å². The fraction of sp³-hybridized carbons (Fsp3) is 0.239. The van der Waals surface area contributed by atoms with Crippen LogP contribution in [-0.4, -0.2) is 82.9 Å². The van der Waals surface area contributed by atoms with Crippen LogP contribution < -0.4 is 23.7 Å². The Morgan fingerprint density at radius 1 is 0.883 bits per heavy atom. The number of benzene rings is 4. The molecule has 0 spiro atoms. The molecule has 0 fully saturated rings. The summed E-state index contributed by atoms with van der Waals surface area (Å²) in [6.45, 7) is 3.43. The summed E-state index contributed by atoms with van der Waals surface area (Å²) in [7, 11) is 7.25. The smallest absolute Gasteiger partial charge is 0.345 e. The van der Waals surface area contributed by atoms with Crippen molar-refractivity contribution in [3.8, 4) is 62.7 Å². The number of aliphatic carboxylic acids is 1. The van der Waals surface area contributed by atoms with Gasteiger partial charge in [0.2, 0.25) is 12.0 Å². The van der Waals surface area contributed by atoms with Gasteiger partial charge in [0, 0.05) is 36.5 Å². The van der Waals surface area contributed by atoms with Gasteiger partial charge in [0.1, 0.15) is 29.6 Å². The molecule has 60 heavy (non-hydrogen) atoms. The second kappa shape index (κ2) is 19.2. The number of para-hydroxylation sites is 2. The van der Waals surface area contributed by atoms with Crippen LogP contribution in [0.3, 0.4) is 0 Å². The lowest BCUT2D eigenvalue weighted by Gasteiger charge is -2.19. The van der Waals surface area contributed by atoms with E-state index in [4.69, 9.17) is 45.3 Å². The van der Waals surface area contributed by atoms with Gasteiger partial charge in [-0.2, -0.15) is 4.37 Å². The van der Waals surface area contributed by atoms with Crippen LogP contribution in [-0.2, 0) is 17.8 Å². The van der Waals surface area contributed by atoms with Crippen LogP contribution in [0.15, 0.2) is 103 Å². The molecule has 0 saturated heterocycles. The summed E-state index contributed by atoms with van der Waals surface area (Å²) in [5.74, 6) is 1.86. The number of methoxy groups -OCH3 is 2. The molecule has 1 atom stereocenters.